The van der Waals surface area contributed by atoms with Gasteiger partial charge in [-0.15, -0.1) is 0 Å². The summed E-state index contributed by atoms with van der Waals surface area (Å²) in [6, 6.07) is 0. The average molecular weight is 451 g/mol. The summed E-state index contributed by atoms with van der Waals surface area (Å²) in [6.07, 6.45) is -2.02. The molecule has 4 bridgehead atoms. The van der Waals surface area contributed by atoms with Crippen LogP contribution in [0.3, 0.4) is 0 Å². The summed E-state index contributed by atoms with van der Waals surface area (Å²) in [5, 5.41) is 35.5. The molecule has 1 saturated heterocycles. The molecule has 6 rings (SSSR count). The first kappa shape index (κ1) is 21.3. The Hall–Kier alpha value is -1.22. The number of rotatable bonds is 2. The minimum absolute atomic E-state index is 0.0240. The highest BCUT2D eigenvalue weighted by Crippen LogP contribution is 2.98. The molecule has 32 heavy (non-hydrogen) atoms. The molecule has 178 valence electrons. The summed E-state index contributed by atoms with van der Waals surface area (Å²) in [4.78, 5) is 24.8. The molecule has 0 aromatic heterocycles. The van der Waals surface area contributed by atoms with E-state index in [1.165, 1.54) is 13.8 Å². The summed E-state index contributed by atoms with van der Waals surface area (Å²) in [5.41, 5.74) is -5.71. The van der Waals surface area contributed by atoms with Crippen molar-refractivity contribution in [3.05, 3.63) is 0 Å². The van der Waals surface area contributed by atoms with E-state index in [-0.39, 0.29) is 5.92 Å². The fourth-order valence-corrected chi connectivity index (χ4v) is 11.2. The zero-order valence-corrected chi connectivity index (χ0v) is 19.6. The van der Waals surface area contributed by atoms with Crippen molar-refractivity contribution in [3.8, 4) is 0 Å². The molecule has 1 unspecified atom stereocenters. The van der Waals surface area contributed by atoms with E-state index < -0.39 is 74.8 Å². The third-order valence-electron chi connectivity index (χ3n) is 11.7. The molecule has 0 amide bonds. The molecule has 3 N–H and O–H groups in total. The van der Waals surface area contributed by atoms with Gasteiger partial charge in [0.1, 0.15) is 17.8 Å². The number of carbonyl (C=O) groups excluding carboxylic acids is 2. The molecule has 5 aliphatic carbocycles. The van der Waals surface area contributed by atoms with Gasteiger partial charge >= 0.3 is 11.9 Å². The van der Waals surface area contributed by atoms with E-state index in [2.05, 4.69) is 13.8 Å². The molecule has 5 saturated carbocycles. The maximum absolute atomic E-state index is 12.5. The van der Waals surface area contributed by atoms with Crippen LogP contribution in [0.5, 0.6) is 0 Å². The second-order valence-corrected chi connectivity index (χ2v) is 12.4. The second kappa shape index (κ2) is 5.21. The zero-order valence-electron chi connectivity index (χ0n) is 19.6. The van der Waals surface area contributed by atoms with Crippen LogP contribution in [0.1, 0.15) is 67.2 Å². The first-order valence-electron chi connectivity index (χ1n) is 11.8. The number of hydrogen-bond acceptors (Lipinski definition) is 8. The summed E-state index contributed by atoms with van der Waals surface area (Å²) >= 11 is 0. The molecule has 8 heteroatoms. The Morgan fingerprint density at radius 3 is 2.16 bits per heavy atom. The molecule has 1 aliphatic heterocycles. The molecule has 3 spiro atoms. The van der Waals surface area contributed by atoms with Crippen LogP contribution in [0, 0.1) is 33.0 Å². The Morgan fingerprint density at radius 2 is 1.56 bits per heavy atom. The molecular formula is C24H34O8. The van der Waals surface area contributed by atoms with Gasteiger partial charge in [-0.25, -0.2) is 0 Å². The van der Waals surface area contributed by atoms with Gasteiger partial charge in [0.25, 0.3) is 0 Å². The van der Waals surface area contributed by atoms with E-state index in [0.29, 0.717) is 25.7 Å². The van der Waals surface area contributed by atoms with Gasteiger partial charge in [0.2, 0.25) is 0 Å². The number of ether oxygens (including phenoxy) is 3. The molecule has 11 atom stereocenters. The van der Waals surface area contributed by atoms with E-state index in [1.54, 1.807) is 0 Å². The van der Waals surface area contributed by atoms with Crippen LogP contribution in [0.25, 0.3) is 0 Å². The third kappa shape index (κ3) is 1.47. The lowest BCUT2D eigenvalue weighted by Crippen LogP contribution is -2.75. The predicted molar refractivity (Wildman–Crippen MR) is 109 cm³/mol. The Labute approximate surface area is 187 Å². The zero-order chi connectivity index (χ0) is 23.5. The third-order valence-corrected chi connectivity index (χ3v) is 11.7. The van der Waals surface area contributed by atoms with Crippen molar-refractivity contribution >= 4 is 11.9 Å². The molecule has 0 aromatic carbocycles. The summed E-state index contributed by atoms with van der Waals surface area (Å²) < 4.78 is 18.6. The van der Waals surface area contributed by atoms with Crippen LogP contribution in [0.2, 0.25) is 0 Å². The maximum atomic E-state index is 12.5. The van der Waals surface area contributed by atoms with Crippen molar-refractivity contribution in [2.24, 2.45) is 33.0 Å². The molecule has 6 fully saturated rings. The predicted octanol–water partition coefficient (Wildman–Crippen LogP) is 1.29. The van der Waals surface area contributed by atoms with Crippen molar-refractivity contribution in [1.29, 1.82) is 0 Å². The SMILES string of the molecule is CC(=O)O[C@H]1[C@H](OC(C)=O)[C@]2(C)CC[C@H](O)[C@]34O[C@]5(O)C[C@H]6C[C@@]23[C@@]1(C6(C)C)[C@@]5(C)C4O. The Kier molecular flexibility index (Phi) is 3.47. The van der Waals surface area contributed by atoms with Gasteiger partial charge in [-0.3, -0.25) is 9.59 Å². The minimum Gasteiger partial charge on any atom is -0.458 e. The first-order valence-corrected chi connectivity index (χ1v) is 11.8. The molecular weight excluding hydrogens is 416 g/mol. The van der Waals surface area contributed by atoms with Crippen LogP contribution in [-0.4, -0.2) is 63.1 Å². The smallest absolute Gasteiger partial charge is 0.303 e. The normalized spacial score (nSPS) is 62.2. The lowest BCUT2D eigenvalue weighted by atomic mass is 9.40. The minimum atomic E-state index is -1.69. The number of aliphatic hydroxyl groups excluding tert-OH is 2. The molecule has 6 aliphatic rings. The second-order valence-electron chi connectivity index (χ2n) is 12.4. The van der Waals surface area contributed by atoms with Crippen molar-refractivity contribution in [2.45, 2.75) is 103 Å². The van der Waals surface area contributed by atoms with Gasteiger partial charge in [0.15, 0.2) is 5.79 Å². The summed E-state index contributed by atoms with van der Waals surface area (Å²) in [5.74, 6) is -2.63. The average Bonchev–Trinajstić information content (AvgIpc) is 3.04. The van der Waals surface area contributed by atoms with Gasteiger partial charge in [0, 0.05) is 36.5 Å². The number of hydrogen-bond donors (Lipinski definition) is 3. The van der Waals surface area contributed by atoms with E-state index >= 15 is 0 Å². The van der Waals surface area contributed by atoms with Gasteiger partial charge in [-0.05, 0) is 30.6 Å². The van der Waals surface area contributed by atoms with Crippen molar-refractivity contribution in [1.82, 2.24) is 0 Å². The van der Waals surface area contributed by atoms with E-state index in [9.17, 15) is 24.9 Å². The maximum Gasteiger partial charge on any atom is 0.303 e. The van der Waals surface area contributed by atoms with Gasteiger partial charge in [0.05, 0.1) is 17.6 Å². The standard InChI is InChI=1S/C24H34O8/c1-11(25)30-15-16(31-12(2)26)24-18(3,4)13-9-21(24)19(15,5)8-7-14(27)23(21)17(28)20(24,6)22(29,10-13)32-23/h13-17,27-29H,7-10H2,1-6H3/t13-,14+,15+,16+,17?,19+,20+,21-,22-,23-,24+/m1/s1. The van der Waals surface area contributed by atoms with Crippen LogP contribution < -0.4 is 0 Å². The Balaban J connectivity index is 1.78. The van der Waals surface area contributed by atoms with Gasteiger partial charge < -0.3 is 29.5 Å². The number of fused-ring (bicyclic) bond motifs is 1. The highest BCUT2D eigenvalue weighted by Gasteiger charge is 3.06. The monoisotopic (exact) mass is 450 g/mol. The van der Waals surface area contributed by atoms with Crippen molar-refractivity contribution in [2.75, 3.05) is 0 Å². The highest BCUT2D eigenvalue weighted by atomic mass is 16.7. The summed E-state index contributed by atoms with van der Waals surface area (Å²) in [7, 11) is 0. The lowest BCUT2D eigenvalue weighted by molar-refractivity contribution is -0.406. The van der Waals surface area contributed by atoms with E-state index in [0.717, 1.165) is 0 Å². The molecule has 1 heterocycles. The number of carbonyl (C=O) groups is 2. The molecule has 8 nitrogen and oxygen atoms in total. The Morgan fingerprint density at radius 1 is 0.969 bits per heavy atom. The summed E-state index contributed by atoms with van der Waals surface area (Å²) in [6.45, 7) is 10.8. The topological polar surface area (TPSA) is 123 Å². The largest absolute Gasteiger partial charge is 0.458 e. The fourth-order valence-electron chi connectivity index (χ4n) is 11.2. The van der Waals surface area contributed by atoms with Gasteiger partial charge in [-0.1, -0.05) is 27.7 Å². The quantitative estimate of drug-likeness (QED) is 0.538. The van der Waals surface area contributed by atoms with Crippen molar-refractivity contribution < 1.29 is 39.1 Å². The number of aliphatic hydroxyl groups is 3. The van der Waals surface area contributed by atoms with Crippen LogP contribution in [-0.2, 0) is 23.8 Å². The number of esters is 2. The van der Waals surface area contributed by atoms with E-state index in [1.807, 2.05) is 13.8 Å². The first-order chi connectivity index (χ1) is 14.7. The Bertz CT molecular complexity index is 964. The van der Waals surface area contributed by atoms with Crippen molar-refractivity contribution in [3.63, 3.8) is 0 Å². The lowest BCUT2D eigenvalue weighted by Gasteiger charge is -2.68. The highest BCUT2D eigenvalue weighted by molar-refractivity contribution is 5.69. The van der Waals surface area contributed by atoms with Crippen LogP contribution in [0.4, 0.5) is 0 Å². The molecule has 0 aromatic rings. The molecule has 0 radical (unpaired) electrons. The fraction of sp³-hybridized carbons (Fsp3) is 0.917. The van der Waals surface area contributed by atoms with Crippen LogP contribution in [0.15, 0.2) is 0 Å². The van der Waals surface area contributed by atoms with E-state index in [4.69, 9.17) is 14.2 Å². The van der Waals surface area contributed by atoms with Crippen LogP contribution >= 0.6 is 0 Å². The van der Waals surface area contributed by atoms with Gasteiger partial charge in [-0.2, -0.15) is 0 Å².